The van der Waals surface area contributed by atoms with Crippen molar-refractivity contribution in [3.8, 4) is 5.75 Å². The second-order valence-corrected chi connectivity index (χ2v) is 8.10. The molecule has 4 rings (SSSR count). The summed E-state index contributed by atoms with van der Waals surface area (Å²) in [5, 5.41) is 14.7. The molecule has 3 aromatic rings. The quantitative estimate of drug-likeness (QED) is 0.259. The molecule has 0 aliphatic carbocycles. The highest BCUT2D eigenvalue weighted by atomic mass is 16.5. The third-order valence-corrected chi connectivity index (χ3v) is 5.75. The van der Waals surface area contributed by atoms with E-state index in [0.717, 1.165) is 49.8 Å². The lowest BCUT2D eigenvalue weighted by atomic mass is 10.0. The van der Waals surface area contributed by atoms with Gasteiger partial charge < -0.3 is 25.8 Å². The van der Waals surface area contributed by atoms with Gasteiger partial charge in [0, 0.05) is 36.6 Å². The first-order valence-electron chi connectivity index (χ1n) is 11.4. The molecule has 1 aliphatic heterocycles. The number of nitrogens with zero attached hydrogens (tertiary/aromatic N) is 3. The van der Waals surface area contributed by atoms with Crippen LogP contribution in [-0.2, 0) is 9.53 Å². The molecule has 0 spiro atoms. The number of carbonyl (C=O) groups is 1. The van der Waals surface area contributed by atoms with Crippen molar-refractivity contribution >= 4 is 35.1 Å². The predicted molar refractivity (Wildman–Crippen MR) is 136 cm³/mol. The smallest absolute Gasteiger partial charge is 0.211 e. The SMILES string of the molecule is Cc1cc(Nc2ncnc(N)c2C(=N)c2ccc(OCCN3CCOCC3)cc2)ccc1NC=O. The first kappa shape index (κ1) is 24.1. The van der Waals surface area contributed by atoms with Crippen LogP contribution >= 0.6 is 0 Å². The van der Waals surface area contributed by atoms with Crippen molar-refractivity contribution in [1.82, 2.24) is 14.9 Å². The normalized spacial score (nSPS) is 13.7. The average molecular weight is 476 g/mol. The molecule has 10 nitrogen and oxygen atoms in total. The Kier molecular flexibility index (Phi) is 7.86. The number of nitrogens with two attached hydrogens (primary N) is 1. The maximum absolute atomic E-state index is 10.7. The summed E-state index contributed by atoms with van der Waals surface area (Å²) in [7, 11) is 0. The summed E-state index contributed by atoms with van der Waals surface area (Å²) >= 11 is 0. The molecule has 5 N–H and O–H groups in total. The number of ether oxygens (including phenoxy) is 2. The molecular formula is C25H29N7O3. The monoisotopic (exact) mass is 475 g/mol. The molecule has 0 unspecified atom stereocenters. The van der Waals surface area contributed by atoms with E-state index in [0.29, 0.717) is 35.6 Å². The maximum atomic E-state index is 10.7. The van der Waals surface area contributed by atoms with Crippen molar-refractivity contribution in [2.75, 3.05) is 55.8 Å². The number of hydrogen-bond acceptors (Lipinski definition) is 9. The van der Waals surface area contributed by atoms with Crippen LogP contribution in [0.2, 0.25) is 0 Å². The van der Waals surface area contributed by atoms with Gasteiger partial charge in [-0.3, -0.25) is 15.1 Å². The molecule has 10 heteroatoms. The summed E-state index contributed by atoms with van der Waals surface area (Å²) in [5.74, 6) is 1.36. The van der Waals surface area contributed by atoms with Gasteiger partial charge in [-0.05, 0) is 55.0 Å². The first-order chi connectivity index (χ1) is 17.0. The van der Waals surface area contributed by atoms with Crippen LogP contribution in [-0.4, -0.2) is 66.4 Å². The molecule has 35 heavy (non-hydrogen) atoms. The highest BCUT2D eigenvalue weighted by Gasteiger charge is 2.17. The van der Waals surface area contributed by atoms with Gasteiger partial charge in [-0.15, -0.1) is 0 Å². The van der Waals surface area contributed by atoms with Crippen molar-refractivity contribution in [3.05, 3.63) is 65.5 Å². The van der Waals surface area contributed by atoms with Crippen LogP contribution < -0.4 is 21.1 Å². The van der Waals surface area contributed by atoms with Crippen LogP contribution in [0.3, 0.4) is 0 Å². The first-order valence-corrected chi connectivity index (χ1v) is 11.4. The molecule has 0 saturated carbocycles. The van der Waals surface area contributed by atoms with Gasteiger partial charge >= 0.3 is 0 Å². The Morgan fingerprint density at radius 3 is 2.69 bits per heavy atom. The number of nitrogen functional groups attached to an aromatic ring is 1. The van der Waals surface area contributed by atoms with Crippen molar-refractivity contribution in [3.63, 3.8) is 0 Å². The Labute approximate surface area is 204 Å². The number of hydrogen-bond donors (Lipinski definition) is 4. The minimum Gasteiger partial charge on any atom is -0.492 e. The zero-order valence-corrected chi connectivity index (χ0v) is 19.6. The van der Waals surface area contributed by atoms with Crippen molar-refractivity contribution in [2.45, 2.75) is 6.92 Å². The number of anilines is 4. The van der Waals surface area contributed by atoms with E-state index in [1.165, 1.54) is 6.33 Å². The largest absolute Gasteiger partial charge is 0.492 e. The van der Waals surface area contributed by atoms with Crippen molar-refractivity contribution in [2.24, 2.45) is 0 Å². The average Bonchev–Trinajstić information content (AvgIpc) is 2.87. The van der Waals surface area contributed by atoms with Crippen molar-refractivity contribution < 1.29 is 14.3 Å². The van der Waals surface area contributed by atoms with E-state index in [1.807, 2.05) is 43.3 Å². The fourth-order valence-electron chi connectivity index (χ4n) is 3.82. The number of rotatable bonds is 10. The Morgan fingerprint density at radius 1 is 1.20 bits per heavy atom. The lowest BCUT2D eigenvalue weighted by Crippen LogP contribution is -2.38. The fraction of sp³-hybridized carbons (Fsp3) is 0.280. The number of nitrogens with one attached hydrogen (secondary N) is 3. The molecule has 1 aromatic heterocycles. The topological polar surface area (TPSA) is 138 Å². The van der Waals surface area contributed by atoms with Crippen LogP contribution in [0.4, 0.5) is 23.0 Å². The van der Waals surface area contributed by atoms with Crippen molar-refractivity contribution in [1.29, 1.82) is 5.41 Å². The molecule has 1 aliphatic rings. The Hall–Kier alpha value is -4.02. The van der Waals surface area contributed by atoms with Crippen LogP contribution in [0, 0.1) is 12.3 Å². The number of morpholine rings is 1. The summed E-state index contributed by atoms with van der Waals surface area (Å²) in [6.07, 6.45) is 2.00. The second kappa shape index (κ2) is 11.4. The molecule has 2 heterocycles. The lowest BCUT2D eigenvalue weighted by Gasteiger charge is -2.26. The van der Waals surface area contributed by atoms with Gasteiger partial charge in [-0.2, -0.15) is 0 Å². The standard InChI is InChI=1S/C25H29N7O3/c1-17-14-19(4-7-21(17)30-16-33)31-25-22(24(27)28-15-29-25)23(26)18-2-5-20(6-3-18)35-13-10-32-8-11-34-12-9-32/h2-7,14-16,26H,8-13H2,1H3,(H,30,33)(H3,27,28,29,31). The Morgan fingerprint density at radius 2 is 1.97 bits per heavy atom. The molecule has 1 amide bonds. The van der Waals surface area contributed by atoms with E-state index >= 15 is 0 Å². The van der Waals surface area contributed by atoms with E-state index in [2.05, 4.69) is 25.5 Å². The van der Waals surface area contributed by atoms with Crippen LogP contribution in [0.25, 0.3) is 0 Å². The molecule has 1 fully saturated rings. The lowest BCUT2D eigenvalue weighted by molar-refractivity contribution is -0.105. The molecule has 182 valence electrons. The van der Waals surface area contributed by atoms with Gasteiger partial charge in [0.2, 0.25) is 6.41 Å². The third kappa shape index (κ3) is 6.11. The van der Waals surface area contributed by atoms with Crippen LogP contribution in [0.1, 0.15) is 16.7 Å². The minimum absolute atomic E-state index is 0.196. The third-order valence-electron chi connectivity index (χ3n) is 5.75. The minimum atomic E-state index is 0.196. The number of aryl methyl sites for hydroxylation is 1. The molecule has 0 radical (unpaired) electrons. The fourth-order valence-corrected chi connectivity index (χ4v) is 3.82. The predicted octanol–water partition coefficient (Wildman–Crippen LogP) is 2.81. The van der Waals surface area contributed by atoms with Gasteiger partial charge in [0.25, 0.3) is 0 Å². The number of carbonyl (C=O) groups excluding carboxylic acids is 1. The second-order valence-electron chi connectivity index (χ2n) is 8.10. The van der Waals surface area contributed by atoms with Gasteiger partial charge in [-0.25, -0.2) is 9.97 Å². The summed E-state index contributed by atoms with van der Waals surface area (Å²) in [6.45, 7) is 6.71. The van der Waals surface area contributed by atoms with Gasteiger partial charge in [-0.1, -0.05) is 0 Å². The van der Waals surface area contributed by atoms with E-state index in [1.54, 1.807) is 6.07 Å². The highest BCUT2D eigenvalue weighted by Crippen LogP contribution is 2.27. The molecule has 1 saturated heterocycles. The van der Waals surface area contributed by atoms with E-state index in [4.69, 9.17) is 20.6 Å². The number of amides is 1. The molecular weight excluding hydrogens is 446 g/mol. The van der Waals surface area contributed by atoms with Gasteiger partial charge in [0.05, 0.1) is 24.5 Å². The zero-order valence-electron chi connectivity index (χ0n) is 19.6. The van der Waals surface area contributed by atoms with Crippen LogP contribution in [0.15, 0.2) is 48.8 Å². The summed E-state index contributed by atoms with van der Waals surface area (Å²) < 4.78 is 11.2. The Bertz CT molecular complexity index is 1180. The molecule has 0 bridgehead atoms. The number of benzene rings is 2. The maximum Gasteiger partial charge on any atom is 0.211 e. The highest BCUT2D eigenvalue weighted by molar-refractivity contribution is 6.16. The van der Waals surface area contributed by atoms with E-state index in [9.17, 15) is 4.79 Å². The Balaban J connectivity index is 1.45. The van der Waals surface area contributed by atoms with E-state index in [-0.39, 0.29) is 11.5 Å². The summed E-state index contributed by atoms with van der Waals surface area (Å²) in [5.41, 5.74) is 9.76. The summed E-state index contributed by atoms with van der Waals surface area (Å²) in [4.78, 5) is 21.5. The summed E-state index contributed by atoms with van der Waals surface area (Å²) in [6, 6.07) is 12.8. The zero-order chi connectivity index (χ0) is 24.6. The molecule has 0 atom stereocenters. The number of aromatic nitrogens is 2. The van der Waals surface area contributed by atoms with Gasteiger partial charge in [0.15, 0.2) is 0 Å². The van der Waals surface area contributed by atoms with E-state index < -0.39 is 0 Å². The molecule has 2 aromatic carbocycles. The van der Waals surface area contributed by atoms with Gasteiger partial charge in [0.1, 0.15) is 30.3 Å². The van der Waals surface area contributed by atoms with Crippen LogP contribution in [0.5, 0.6) is 5.75 Å².